The minimum Gasteiger partial charge on any atom is -0.480 e. The number of nitrogens with zero attached hydrogens (tertiary/aromatic N) is 1. The lowest BCUT2D eigenvalue weighted by atomic mass is 10.1. The number of nitro benzene ring substituents is 1. The molecule has 0 aromatic heterocycles. The molecule has 1 rings (SSSR count). The monoisotopic (exact) mass is 302 g/mol. The molecule has 0 aliphatic carbocycles. The van der Waals surface area contributed by atoms with Crippen molar-refractivity contribution in [2.45, 2.75) is 12.5 Å². The van der Waals surface area contributed by atoms with Gasteiger partial charge in [-0.1, -0.05) is 11.6 Å². The molecule has 108 valence electrons. The maximum Gasteiger partial charge on any atom is 0.326 e. The first-order chi connectivity index (χ1) is 9.36. The van der Waals surface area contributed by atoms with Gasteiger partial charge < -0.3 is 15.5 Å². The van der Waals surface area contributed by atoms with E-state index in [2.05, 4.69) is 5.32 Å². The number of carboxylic acids is 1. The number of rotatable bonds is 6. The second kappa shape index (κ2) is 6.83. The molecule has 9 heteroatoms. The Morgan fingerprint density at radius 1 is 1.45 bits per heavy atom. The van der Waals surface area contributed by atoms with Crippen molar-refractivity contribution in [3.05, 3.63) is 38.9 Å². The summed E-state index contributed by atoms with van der Waals surface area (Å²) in [5.41, 5.74) is -0.363. The lowest BCUT2D eigenvalue weighted by Gasteiger charge is -2.13. The van der Waals surface area contributed by atoms with Gasteiger partial charge in [-0.15, -0.1) is 0 Å². The van der Waals surface area contributed by atoms with E-state index in [1.54, 1.807) is 0 Å². The summed E-state index contributed by atoms with van der Waals surface area (Å²) in [4.78, 5) is 32.5. The molecule has 0 unspecified atom stereocenters. The van der Waals surface area contributed by atoms with E-state index in [9.17, 15) is 19.7 Å². The van der Waals surface area contributed by atoms with E-state index in [0.29, 0.717) is 0 Å². The number of carboxylic acid groups (broad SMARTS) is 1. The normalized spacial score (nSPS) is 11.7. The van der Waals surface area contributed by atoms with Gasteiger partial charge in [0, 0.05) is 24.7 Å². The largest absolute Gasteiger partial charge is 0.480 e. The Kier molecular flexibility index (Phi) is 5.42. The van der Waals surface area contributed by atoms with Crippen LogP contribution in [0.5, 0.6) is 0 Å². The number of hydrogen-bond donors (Lipinski definition) is 3. The predicted molar refractivity (Wildman–Crippen MR) is 68.7 cm³/mol. The summed E-state index contributed by atoms with van der Waals surface area (Å²) < 4.78 is 0. The number of benzene rings is 1. The van der Waals surface area contributed by atoms with Crippen LogP contribution in [0.15, 0.2) is 18.2 Å². The minimum atomic E-state index is -1.29. The van der Waals surface area contributed by atoms with Crippen molar-refractivity contribution < 1.29 is 24.7 Å². The maximum atomic E-state index is 11.8. The van der Waals surface area contributed by atoms with Gasteiger partial charge in [-0.3, -0.25) is 14.9 Å². The Morgan fingerprint density at radius 3 is 2.55 bits per heavy atom. The number of aliphatic carboxylic acids is 1. The van der Waals surface area contributed by atoms with Gasteiger partial charge in [0.2, 0.25) is 0 Å². The molecule has 0 saturated heterocycles. The highest BCUT2D eigenvalue weighted by Crippen LogP contribution is 2.24. The van der Waals surface area contributed by atoms with Gasteiger partial charge >= 0.3 is 5.97 Å². The third kappa shape index (κ3) is 3.90. The third-order valence-corrected chi connectivity index (χ3v) is 2.73. The molecule has 20 heavy (non-hydrogen) atoms. The van der Waals surface area contributed by atoms with Crippen LogP contribution in [0.1, 0.15) is 16.8 Å². The van der Waals surface area contributed by atoms with Crippen LogP contribution < -0.4 is 5.32 Å². The van der Waals surface area contributed by atoms with Crippen LogP contribution in [0.3, 0.4) is 0 Å². The number of aliphatic hydroxyl groups excluding tert-OH is 1. The van der Waals surface area contributed by atoms with E-state index in [-0.39, 0.29) is 22.7 Å². The lowest BCUT2D eigenvalue weighted by molar-refractivity contribution is -0.384. The third-order valence-electron chi connectivity index (χ3n) is 2.43. The Hall–Kier alpha value is -2.19. The number of carbonyl (C=O) groups is 2. The Labute approximate surface area is 118 Å². The fourth-order valence-electron chi connectivity index (χ4n) is 1.42. The minimum absolute atomic E-state index is 0.00945. The number of amides is 1. The number of carbonyl (C=O) groups excluding carboxylic acids is 1. The second-order valence-corrected chi connectivity index (χ2v) is 4.21. The summed E-state index contributed by atoms with van der Waals surface area (Å²) in [6.45, 7) is -0.404. The van der Waals surface area contributed by atoms with Gasteiger partial charge in [0.15, 0.2) is 0 Å². The molecule has 0 heterocycles. The fraction of sp³-hybridized carbons (Fsp3) is 0.273. The highest BCUT2D eigenvalue weighted by atomic mass is 35.5. The van der Waals surface area contributed by atoms with E-state index < -0.39 is 29.4 Å². The van der Waals surface area contributed by atoms with Gasteiger partial charge in [0.05, 0.1) is 4.92 Å². The summed E-state index contributed by atoms with van der Waals surface area (Å²) in [6, 6.07) is 2.05. The smallest absolute Gasteiger partial charge is 0.326 e. The van der Waals surface area contributed by atoms with Crippen LogP contribution in [-0.4, -0.2) is 39.7 Å². The van der Waals surface area contributed by atoms with Gasteiger partial charge in [0.25, 0.3) is 11.6 Å². The van der Waals surface area contributed by atoms with E-state index in [4.69, 9.17) is 21.8 Å². The summed E-state index contributed by atoms with van der Waals surface area (Å²) in [5, 5.41) is 30.1. The molecular formula is C11H11ClN2O6. The zero-order valence-electron chi connectivity index (χ0n) is 10.1. The van der Waals surface area contributed by atoms with Crippen molar-refractivity contribution in [1.82, 2.24) is 5.32 Å². The molecule has 1 aromatic carbocycles. The van der Waals surface area contributed by atoms with E-state index in [1.807, 2.05) is 0 Å². The lowest BCUT2D eigenvalue weighted by Crippen LogP contribution is -2.41. The first-order valence-electron chi connectivity index (χ1n) is 5.45. The molecule has 0 saturated carbocycles. The van der Waals surface area contributed by atoms with E-state index >= 15 is 0 Å². The van der Waals surface area contributed by atoms with Gasteiger partial charge in [-0.25, -0.2) is 4.79 Å². The van der Waals surface area contributed by atoms with Crippen molar-refractivity contribution in [2.24, 2.45) is 0 Å². The van der Waals surface area contributed by atoms with Crippen molar-refractivity contribution in [1.29, 1.82) is 0 Å². The van der Waals surface area contributed by atoms with Crippen LogP contribution in [0, 0.1) is 10.1 Å². The molecule has 0 radical (unpaired) electrons. The fourth-order valence-corrected chi connectivity index (χ4v) is 1.67. The van der Waals surface area contributed by atoms with Gasteiger partial charge in [-0.2, -0.15) is 0 Å². The summed E-state index contributed by atoms with van der Waals surface area (Å²) in [7, 11) is 0. The first-order valence-corrected chi connectivity index (χ1v) is 5.83. The van der Waals surface area contributed by atoms with Crippen LogP contribution >= 0.6 is 11.6 Å². The molecule has 0 aliphatic heterocycles. The van der Waals surface area contributed by atoms with Crippen LogP contribution in [0.25, 0.3) is 0 Å². The summed E-state index contributed by atoms with van der Waals surface area (Å²) in [6.07, 6.45) is -0.151. The van der Waals surface area contributed by atoms with E-state index in [0.717, 1.165) is 18.2 Å². The Balaban J connectivity index is 2.90. The van der Waals surface area contributed by atoms with Crippen molar-refractivity contribution >= 4 is 29.2 Å². The van der Waals surface area contributed by atoms with Crippen molar-refractivity contribution in [2.75, 3.05) is 6.61 Å². The molecule has 3 N–H and O–H groups in total. The molecule has 1 atom stereocenters. The first kappa shape index (κ1) is 15.9. The van der Waals surface area contributed by atoms with Gasteiger partial charge in [0.1, 0.15) is 11.1 Å². The van der Waals surface area contributed by atoms with Crippen LogP contribution in [0.4, 0.5) is 5.69 Å². The second-order valence-electron chi connectivity index (χ2n) is 3.80. The molecule has 1 amide bonds. The highest BCUT2D eigenvalue weighted by molar-refractivity contribution is 6.33. The molecule has 0 spiro atoms. The maximum absolute atomic E-state index is 11.8. The zero-order valence-corrected chi connectivity index (χ0v) is 10.8. The highest BCUT2D eigenvalue weighted by Gasteiger charge is 2.21. The average molecular weight is 303 g/mol. The molecule has 1 aromatic rings. The SMILES string of the molecule is O=C(N[C@H](CCO)C(=O)O)c1ccc([N+](=O)[O-])c(Cl)c1. The van der Waals surface area contributed by atoms with Crippen LogP contribution in [0.2, 0.25) is 5.02 Å². The number of nitro groups is 1. The standard InChI is InChI=1S/C11H11ClN2O6/c12-7-5-6(1-2-9(7)14(19)20)10(16)13-8(3-4-15)11(17)18/h1-2,5,8,15H,3-4H2,(H,13,16)(H,17,18)/t8-/m1/s1. The number of aliphatic hydroxyl groups is 1. The number of hydrogen-bond acceptors (Lipinski definition) is 5. The quantitative estimate of drug-likeness (QED) is 0.526. The van der Waals surface area contributed by atoms with Gasteiger partial charge in [-0.05, 0) is 12.1 Å². The Bertz CT molecular complexity index is 548. The molecule has 0 aliphatic rings. The summed E-state index contributed by atoms with van der Waals surface area (Å²) in [5.74, 6) is -2.04. The van der Waals surface area contributed by atoms with Crippen LogP contribution in [-0.2, 0) is 4.79 Å². The molecule has 8 nitrogen and oxygen atoms in total. The molecular weight excluding hydrogens is 292 g/mol. The Morgan fingerprint density at radius 2 is 2.10 bits per heavy atom. The van der Waals surface area contributed by atoms with Crippen molar-refractivity contribution in [3.8, 4) is 0 Å². The number of nitrogens with one attached hydrogen (secondary N) is 1. The van der Waals surface area contributed by atoms with Crippen molar-refractivity contribution in [3.63, 3.8) is 0 Å². The van der Waals surface area contributed by atoms with E-state index in [1.165, 1.54) is 0 Å². The number of halogens is 1. The topological polar surface area (TPSA) is 130 Å². The summed E-state index contributed by atoms with van der Waals surface area (Å²) >= 11 is 5.65. The zero-order chi connectivity index (χ0) is 15.3. The molecule has 0 bridgehead atoms. The predicted octanol–water partition coefficient (Wildman–Crippen LogP) is 0.814. The molecule has 0 fully saturated rings. The average Bonchev–Trinajstić information content (AvgIpc) is 2.37.